The highest BCUT2D eigenvalue weighted by Gasteiger charge is 2.11. The van der Waals surface area contributed by atoms with Crippen LogP contribution >= 0.6 is 0 Å². The fraction of sp³-hybridized carbons (Fsp3) is 0. The average molecular weight is 372 g/mol. The zero-order valence-electron chi connectivity index (χ0n) is 14.6. The largest absolute Gasteiger partial charge is 0.478 e. The molecule has 2 aromatic heterocycles. The highest BCUT2D eigenvalue weighted by molar-refractivity contribution is 5.88. The van der Waals surface area contributed by atoms with Gasteiger partial charge < -0.3 is 26.0 Å². The van der Waals surface area contributed by atoms with E-state index in [0.29, 0.717) is 28.4 Å². The Hall–Kier alpha value is -4.20. The summed E-state index contributed by atoms with van der Waals surface area (Å²) in [5.74, 6) is -0.440. The highest BCUT2D eigenvalue weighted by Crippen LogP contribution is 2.26. The minimum atomic E-state index is -0.974. The van der Waals surface area contributed by atoms with Crippen LogP contribution in [0.2, 0.25) is 0 Å². The summed E-state index contributed by atoms with van der Waals surface area (Å²) in [6, 6.07) is 11.8. The predicted octanol–water partition coefficient (Wildman–Crippen LogP) is 3.42. The SMILES string of the molecule is N=Cc1ccc(Nc2nc(-c3ccc(C(=O)O)cc3)cn3ccnc23)cc1N. The van der Waals surface area contributed by atoms with Crippen molar-refractivity contribution in [3.8, 4) is 11.3 Å². The lowest BCUT2D eigenvalue weighted by molar-refractivity contribution is 0.0697. The van der Waals surface area contributed by atoms with E-state index in [1.807, 2.05) is 22.9 Å². The maximum atomic E-state index is 11.1. The quantitative estimate of drug-likeness (QED) is 0.314. The van der Waals surface area contributed by atoms with Crippen LogP contribution in [0.5, 0.6) is 0 Å². The molecule has 28 heavy (non-hydrogen) atoms. The Balaban J connectivity index is 1.76. The summed E-state index contributed by atoms with van der Waals surface area (Å²) in [5.41, 5.74) is 10.1. The van der Waals surface area contributed by atoms with E-state index in [1.165, 1.54) is 6.21 Å². The van der Waals surface area contributed by atoms with Crippen molar-refractivity contribution in [1.82, 2.24) is 14.4 Å². The van der Waals surface area contributed by atoms with Gasteiger partial charge in [0.2, 0.25) is 0 Å². The second kappa shape index (κ2) is 6.84. The lowest BCUT2D eigenvalue weighted by Gasteiger charge is -2.11. The van der Waals surface area contributed by atoms with Gasteiger partial charge in [-0.15, -0.1) is 0 Å². The number of imidazole rings is 1. The van der Waals surface area contributed by atoms with Gasteiger partial charge in [-0.3, -0.25) is 0 Å². The summed E-state index contributed by atoms with van der Waals surface area (Å²) in [4.78, 5) is 20.1. The van der Waals surface area contributed by atoms with Gasteiger partial charge in [-0.2, -0.15) is 0 Å². The van der Waals surface area contributed by atoms with Crippen LogP contribution in [-0.4, -0.2) is 31.7 Å². The number of aromatic nitrogens is 3. The van der Waals surface area contributed by atoms with Crippen LogP contribution in [0.4, 0.5) is 17.2 Å². The number of rotatable bonds is 5. The van der Waals surface area contributed by atoms with E-state index in [0.717, 1.165) is 11.3 Å². The number of anilines is 3. The molecule has 0 saturated carbocycles. The van der Waals surface area contributed by atoms with Gasteiger partial charge in [0.1, 0.15) is 0 Å². The number of carboxylic acids is 1. The number of fused-ring (bicyclic) bond motifs is 1. The number of aromatic carboxylic acids is 1. The van der Waals surface area contributed by atoms with Gasteiger partial charge in [-0.25, -0.2) is 14.8 Å². The predicted molar refractivity (Wildman–Crippen MR) is 107 cm³/mol. The molecule has 0 bridgehead atoms. The van der Waals surface area contributed by atoms with Crippen LogP contribution in [0.25, 0.3) is 16.9 Å². The summed E-state index contributed by atoms with van der Waals surface area (Å²) in [6.45, 7) is 0. The molecular weight excluding hydrogens is 356 g/mol. The fourth-order valence-corrected chi connectivity index (χ4v) is 2.86. The van der Waals surface area contributed by atoms with Crippen molar-refractivity contribution in [1.29, 1.82) is 5.41 Å². The first-order valence-corrected chi connectivity index (χ1v) is 8.39. The third-order valence-corrected chi connectivity index (χ3v) is 4.31. The van der Waals surface area contributed by atoms with Gasteiger partial charge in [0.05, 0.1) is 11.3 Å². The zero-order valence-corrected chi connectivity index (χ0v) is 14.6. The van der Waals surface area contributed by atoms with Gasteiger partial charge in [-0.1, -0.05) is 12.1 Å². The summed E-state index contributed by atoms with van der Waals surface area (Å²) in [7, 11) is 0. The second-order valence-electron chi connectivity index (χ2n) is 6.13. The number of nitrogens with one attached hydrogen (secondary N) is 2. The molecule has 5 N–H and O–H groups in total. The zero-order chi connectivity index (χ0) is 19.7. The van der Waals surface area contributed by atoms with Crippen LogP contribution in [0.1, 0.15) is 15.9 Å². The molecule has 2 aromatic carbocycles. The molecule has 0 unspecified atom stereocenters. The molecule has 0 amide bonds. The normalized spacial score (nSPS) is 10.7. The van der Waals surface area contributed by atoms with Gasteiger partial charge in [0.15, 0.2) is 11.5 Å². The topological polar surface area (TPSA) is 129 Å². The number of nitrogens with two attached hydrogens (primary N) is 1. The van der Waals surface area contributed by atoms with Crippen molar-refractivity contribution in [3.05, 3.63) is 72.2 Å². The van der Waals surface area contributed by atoms with Crippen molar-refractivity contribution in [2.24, 2.45) is 0 Å². The van der Waals surface area contributed by atoms with Crippen LogP contribution in [0, 0.1) is 5.41 Å². The van der Waals surface area contributed by atoms with E-state index in [-0.39, 0.29) is 5.56 Å². The maximum absolute atomic E-state index is 11.1. The average Bonchev–Trinajstić information content (AvgIpc) is 3.17. The van der Waals surface area contributed by atoms with Gasteiger partial charge >= 0.3 is 5.97 Å². The standard InChI is InChI=1S/C20H16N6O2/c21-10-14-5-6-15(9-16(14)22)24-18-19-23-7-8-26(19)11-17(25-18)12-1-3-13(4-2-12)20(27)28/h1-11,21H,22H2,(H,24,25)(H,27,28). The first-order valence-electron chi connectivity index (χ1n) is 8.39. The van der Waals surface area contributed by atoms with Gasteiger partial charge in [0.25, 0.3) is 0 Å². The lowest BCUT2D eigenvalue weighted by Crippen LogP contribution is -2.02. The molecule has 8 heteroatoms. The number of nitrogen functional groups attached to an aromatic ring is 1. The number of nitrogens with zero attached hydrogens (tertiary/aromatic N) is 3. The first kappa shape index (κ1) is 17.2. The minimum Gasteiger partial charge on any atom is -0.478 e. The lowest BCUT2D eigenvalue weighted by atomic mass is 10.1. The summed E-state index contributed by atoms with van der Waals surface area (Å²) in [6.07, 6.45) is 6.51. The van der Waals surface area contributed by atoms with E-state index >= 15 is 0 Å². The van der Waals surface area contributed by atoms with Crippen molar-refractivity contribution in [3.63, 3.8) is 0 Å². The monoisotopic (exact) mass is 372 g/mol. The van der Waals surface area contributed by atoms with Crippen molar-refractivity contribution in [2.45, 2.75) is 0 Å². The molecular formula is C20H16N6O2. The summed E-state index contributed by atoms with van der Waals surface area (Å²) in [5, 5.41) is 19.6. The fourth-order valence-electron chi connectivity index (χ4n) is 2.86. The number of carbonyl (C=O) groups is 1. The number of hydrogen-bond acceptors (Lipinski definition) is 6. The number of hydrogen-bond donors (Lipinski definition) is 4. The molecule has 0 aliphatic rings. The molecule has 138 valence electrons. The second-order valence-corrected chi connectivity index (χ2v) is 6.13. The Morgan fingerprint density at radius 1 is 1.21 bits per heavy atom. The van der Waals surface area contributed by atoms with E-state index < -0.39 is 5.97 Å². The molecule has 0 radical (unpaired) electrons. The highest BCUT2D eigenvalue weighted by atomic mass is 16.4. The van der Waals surface area contributed by atoms with Crippen molar-refractivity contribution in [2.75, 3.05) is 11.1 Å². The van der Waals surface area contributed by atoms with E-state index in [9.17, 15) is 4.79 Å². The summed E-state index contributed by atoms with van der Waals surface area (Å²) >= 11 is 0. The maximum Gasteiger partial charge on any atom is 0.335 e. The molecule has 2 heterocycles. The van der Waals surface area contributed by atoms with Crippen LogP contribution in [0.15, 0.2) is 61.1 Å². The third kappa shape index (κ3) is 3.14. The molecule has 8 nitrogen and oxygen atoms in total. The van der Waals surface area contributed by atoms with Crippen molar-refractivity contribution >= 4 is 35.0 Å². The Bertz CT molecular complexity index is 1200. The minimum absolute atomic E-state index is 0.215. The summed E-state index contributed by atoms with van der Waals surface area (Å²) < 4.78 is 1.84. The van der Waals surface area contributed by atoms with E-state index in [4.69, 9.17) is 16.2 Å². The number of carboxylic acid groups (broad SMARTS) is 1. The molecule has 0 fully saturated rings. The van der Waals surface area contributed by atoms with E-state index in [2.05, 4.69) is 15.3 Å². The molecule has 4 rings (SSSR count). The van der Waals surface area contributed by atoms with Crippen molar-refractivity contribution < 1.29 is 9.90 Å². The molecule has 0 saturated heterocycles. The third-order valence-electron chi connectivity index (χ3n) is 4.31. The Labute approximate surface area is 159 Å². The van der Waals surface area contributed by atoms with Crippen LogP contribution in [-0.2, 0) is 0 Å². The van der Waals surface area contributed by atoms with Gasteiger partial charge in [0, 0.05) is 47.3 Å². The number of benzene rings is 2. The van der Waals surface area contributed by atoms with Crippen LogP contribution < -0.4 is 11.1 Å². The smallest absolute Gasteiger partial charge is 0.335 e. The molecule has 0 atom stereocenters. The Kier molecular flexibility index (Phi) is 4.21. The Morgan fingerprint density at radius 2 is 2.00 bits per heavy atom. The molecule has 4 aromatic rings. The Morgan fingerprint density at radius 3 is 2.68 bits per heavy atom. The van der Waals surface area contributed by atoms with Crippen LogP contribution in [0.3, 0.4) is 0 Å². The van der Waals surface area contributed by atoms with Gasteiger partial charge in [-0.05, 0) is 30.3 Å². The molecule has 0 aliphatic heterocycles. The first-order chi connectivity index (χ1) is 13.5. The molecule has 0 aliphatic carbocycles. The molecule has 0 spiro atoms. The van der Waals surface area contributed by atoms with E-state index in [1.54, 1.807) is 42.6 Å².